The maximum atomic E-state index is 11.6. The molecule has 0 aliphatic heterocycles. The van der Waals surface area contributed by atoms with Crippen molar-refractivity contribution in [1.29, 1.82) is 0 Å². The predicted molar refractivity (Wildman–Crippen MR) is 85.2 cm³/mol. The van der Waals surface area contributed by atoms with Crippen LogP contribution in [0.15, 0.2) is 36.4 Å². The van der Waals surface area contributed by atoms with Crippen molar-refractivity contribution >= 4 is 23.9 Å². The molecule has 0 heterocycles. The van der Waals surface area contributed by atoms with Crippen molar-refractivity contribution in [2.24, 2.45) is 0 Å². The fourth-order valence-corrected chi connectivity index (χ4v) is 1.79. The highest BCUT2D eigenvalue weighted by Crippen LogP contribution is 2.18. The molecule has 0 radical (unpaired) electrons. The van der Waals surface area contributed by atoms with Gasteiger partial charge in [-0.2, -0.15) is 0 Å². The maximum Gasteiger partial charge on any atom is 0.326 e. The van der Waals surface area contributed by atoms with E-state index >= 15 is 0 Å². The van der Waals surface area contributed by atoms with E-state index < -0.39 is 18.0 Å². The number of amides is 2. The van der Waals surface area contributed by atoms with Crippen molar-refractivity contribution in [2.45, 2.75) is 31.9 Å². The Hall–Kier alpha value is -2.63. The summed E-state index contributed by atoms with van der Waals surface area (Å²) in [6.45, 7) is 1.23. The van der Waals surface area contributed by atoms with Crippen LogP contribution in [0, 0.1) is 0 Å². The highest BCUT2D eigenvalue weighted by atomic mass is 16.5. The molecule has 2 N–H and O–H groups in total. The van der Waals surface area contributed by atoms with Gasteiger partial charge < -0.3 is 15.4 Å². The van der Waals surface area contributed by atoms with E-state index in [1.807, 2.05) is 30.3 Å². The van der Waals surface area contributed by atoms with Crippen molar-refractivity contribution < 1.29 is 19.1 Å². The van der Waals surface area contributed by atoms with Gasteiger partial charge in [-0.1, -0.05) is 30.3 Å². The van der Waals surface area contributed by atoms with Crippen LogP contribution in [0.4, 0.5) is 0 Å². The van der Waals surface area contributed by atoms with Crippen LogP contribution in [-0.4, -0.2) is 36.5 Å². The number of benzene rings is 1. The molecule has 1 aromatic rings. The van der Waals surface area contributed by atoms with Gasteiger partial charge in [-0.25, -0.2) is 0 Å². The third-order valence-electron chi connectivity index (χ3n) is 3.23. The number of ether oxygens (including phenoxy) is 1. The zero-order chi connectivity index (χ0) is 16.7. The quantitative estimate of drug-likeness (QED) is 0.581. The van der Waals surface area contributed by atoms with Gasteiger partial charge in [-0.05, 0) is 31.4 Å². The summed E-state index contributed by atoms with van der Waals surface area (Å²) in [5, 5.41) is 5.17. The van der Waals surface area contributed by atoms with Gasteiger partial charge in [0, 0.05) is 12.1 Å². The Kier molecular flexibility index (Phi) is 5.91. The summed E-state index contributed by atoms with van der Waals surface area (Å²) in [5.41, 5.74) is 0.885. The Morgan fingerprint density at radius 1 is 1.26 bits per heavy atom. The number of carbonyl (C=O) groups excluding carboxylic acids is 3. The third kappa shape index (κ3) is 6.34. The third-order valence-corrected chi connectivity index (χ3v) is 3.23. The summed E-state index contributed by atoms with van der Waals surface area (Å²) in [6.07, 6.45) is 4.06. The largest absolute Gasteiger partial charge is 0.451 e. The number of carbonyl (C=O) groups is 3. The summed E-state index contributed by atoms with van der Waals surface area (Å²) in [5.74, 6) is -1.36. The Morgan fingerprint density at radius 2 is 1.96 bits per heavy atom. The molecule has 1 aliphatic rings. The van der Waals surface area contributed by atoms with E-state index in [2.05, 4.69) is 10.6 Å². The number of hydrogen-bond donors (Lipinski definition) is 2. The van der Waals surface area contributed by atoms with Crippen molar-refractivity contribution in [2.75, 3.05) is 6.54 Å². The predicted octanol–water partition coefficient (Wildman–Crippen LogP) is 1.03. The first-order chi connectivity index (χ1) is 11.0. The lowest BCUT2D eigenvalue weighted by Gasteiger charge is -2.13. The number of rotatable bonds is 7. The molecule has 6 nitrogen and oxygen atoms in total. The van der Waals surface area contributed by atoms with E-state index in [1.54, 1.807) is 6.08 Å². The second-order valence-corrected chi connectivity index (χ2v) is 5.38. The molecule has 1 aliphatic carbocycles. The molecule has 0 saturated heterocycles. The normalized spacial score (nSPS) is 15.0. The zero-order valence-corrected chi connectivity index (χ0v) is 13.0. The van der Waals surface area contributed by atoms with Crippen molar-refractivity contribution in [3.63, 3.8) is 0 Å². The van der Waals surface area contributed by atoms with Crippen LogP contribution in [-0.2, 0) is 19.1 Å². The summed E-state index contributed by atoms with van der Waals surface area (Å²) in [6, 6.07) is 9.54. The molecule has 0 aromatic heterocycles. The molecular formula is C17H20N2O4. The molecule has 1 atom stereocenters. The van der Waals surface area contributed by atoms with Crippen LogP contribution >= 0.6 is 0 Å². The molecule has 1 aromatic carbocycles. The lowest BCUT2D eigenvalue weighted by Crippen LogP contribution is -2.39. The number of esters is 1. The lowest BCUT2D eigenvalue weighted by molar-refractivity contribution is -0.154. The van der Waals surface area contributed by atoms with E-state index in [1.165, 1.54) is 13.0 Å². The van der Waals surface area contributed by atoms with E-state index in [0.29, 0.717) is 0 Å². The highest BCUT2D eigenvalue weighted by Gasteiger charge is 2.27. The Labute approximate surface area is 134 Å². The van der Waals surface area contributed by atoms with Gasteiger partial charge in [-0.3, -0.25) is 14.4 Å². The first kappa shape index (κ1) is 16.7. The SMILES string of the molecule is C[C@@H](OC(=O)CNC(=O)/C=C/c1ccccc1)C(=O)NC1CC1. The maximum absolute atomic E-state index is 11.6. The summed E-state index contributed by atoms with van der Waals surface area (Å²) in [7, 11) is 0. The van der Waals surface area contributed by atoms with Crippen LogP contribution in [0.3, 0.4) is 0 Å². The molecule has 122 valence electrons. The average Bonchev–Trinajstić information content (AvgIpc) is 3.35. The molecule has 0 spiro atoms. The fourth-order valence-electron chi connectivity index (χ4n) is 1.79. The molecule has 1 fully saturated rings. The topological polar surface area (TPSA) is 84.5 Å². The lowest BCUT2D eigenvalue weighted by atomic mass is 10.2. The van der Waals surface area contributed by atoms with Gasteiger partial charge in [0.25, 0.3) is 5.91 Å². The molecule has 23 heavy (non-hydrogen) atoms. The van der Waals surface area contributed by atoms with E-state index in [4.69, 9.17) is 4.74 Å². The summed E-state index contributed by atoms with van der Waals surface area (Å²) in [4.78, 5) is 34.8. The Balaban J connectivity index is 1.67. The van der Waals surface area contributed by atoms with E-state index in [-0.39, 0.29) is 18.5 Å². The first-order valence-electron chi connectivity index (χ1n) is 7.55. The van der Waals surface area contributed by atoms with E-state index in [9.17, 15) is 14.4 Å². The minimum absolute atomic E-state index is 0.214. The Morgan fingerprint density at radius 3 is 2.61 bits per heavy atom. The first-order valence-corrected chi connectivity index (χ1v) is 7.55. The van der Waals surface area contributed by atoms with Gasteiger partial charge in [-0.15, -0.1) is 0 Å². The minimum Gasteiger partial charge on any atom is -0.451 e. The standard InChI is InChI=1S/C17H20N2O4/c1-12(17(22)19-14-8-9-14)23-16(21)11-18-15(20)10-7-13-5-3-2-4-6-13/h2-7,10,12,14H,8-9,11H2,1H3,(H,18,20)(H,19,22)/b10-7+/t12-/m1/s1. The van der Waals surface area contributed by atoms with Crippen LogP contribution in [0.25, 0.3) is 6.08 Å². The smallest absolute Gasteiger partial charge is 0.326 e. The molecular weight excluding hydrogens is 296 g/mol. The van der Waals surface area contributed by atoms with Gasteiger partial charge in [0.05, 0.1) is 0 Å². The second kappa shape index (κ2) is 8.12. The average molecular weight is 316 g/mol. The van der Waals surface area contributed by atoms with Crippen molar-refractivity contribution in [3.05, 3.63) is 42.0 Å². The van der Waals surface area contributed by atoms with Crippen LogP contribution in [0.5, 0.6) is 0 Å². The van der Waals surface area contributed by atoms with Crippen molar-refractivity contribution in [3.8, 4) is 0 Å². The number of nitrogens with one attached hydrogen (secondary N) is 2. The second-order valence-electron chi connectivity index (χ2n) is 5.38. The molecule has 0 unspecified atom stereocenters. The van der Waals surface area contributed by atoms with E-state index in [0.717, 1.165) is 18.4 Å². The van der Waals surface area contributed by atoms with Crippen molar-refractivity contribution in [1.82, 2.24) is 10.6 Å². The number of hydrogen-bond acceptors (Lipinski definition) is 4. The molecule has 2 rings (SSSR count). The summed E-state index contributed by atoms with van der Waals surface area (Å²) < 4.78 is 4.96. The minimum atomic E-state index is -0.861. The van der Waals surface area contributed by atoms with Gasteiger partial charge in [0.2, 0.25) is 5.91 Å². The van der Waals surface area contributed by atoms with Gasteiger partial charge in [0.15, 0.2) is 6.10 Å². The Bertz CT molecular complexity index is 594. The van der Waals surface area contributed by atoms with Gasteiger partial charge >= 0.3 is 5.97 Å². The van der Waals surface area contributed by atoms with Crippen LogP contribution in [0.2, 0.25) is 0 Å². The molecule has 6 heteroatoms. The van der Waals surface area contributed by atoms with Crippen LogP contribution in [0.1, 0.15) is 25.3 Å². The molecule has 1 saturated carbocycles. The fraction of sp³-hybridized carbons (Fsp3) is 0.353. The molecule has 2 amide bonds. The summed E-state index contributed by atoms with van der Waals surface area (Å²) >= 11 is 0. The zero-order valence-electron chi connectivity index (χ0n) is 13.0. The molecule has 0 bridgehead atoms. The highest BCUT2D eigenvalue weighted by molar-refractivity contribution is 5.94. The monoisotopic (exact) mass is 316 g/mol. The van der Waals surface area contributed by atoms with Gasteiger partial charge in [0.1, 0.15) is 6.54 Å². The van der Waals surface area contributed by atoms with Crippen LogP contribution < -0.4 is 10.6 Å².